The minimum Gasteiger partial charge on any atom is -0.377 e. The molecule has 112 valence electrons. The van der Waals surface area contributed by atoms with Gasteiger partial charge in [0, 0.05) is 20.2 Å². The SMILES string of the molecule is CNCc1ccc(S(=O)(=O)N(C)C2CCOC2C)cc1. The van der Waals surface area contributed by atoms with Crippen molar-refractivity contribution in [1.29, 1.82) is 0 Å². The van der Waals surface area contributed by atoms with Crippen LogP contribution in [-0.2, 0) is 21.3 Å². The molecule has 1 aliphatic rings. The fraction of sp³-hybridized carbons (Fsp3) is 0.571. The largest absolute Gasteiger partial charge is 0.377 e. The lowest BCUT2D eigenvalue weighted by atomic mass is 10.2. The van der Waals surface area contributed by atoms with Gasteiger partial charge in [-0.05, 0) is 38.1 Å². The number of nitrogens with zero attached hydrogens (tertiary/aromatic N) is 1. The molecular formula is C14H22N2O3S. The smallest absolute Gasteiger partial charge is 0.243 e. The Kier molecular flexibility index (Phi) is 4.80. The second-order valence-electron chi connectivity index (χ2n) is 5.13. The van der Waals surface area contributed by atoms with E-state index in [4.69, 9.17) is 4.74 Å². The van der Waals surface area contributed by atoms with Crippen molar-refractivity contribution in [2.45, 2.75) is 36.9 Å². The Balaban J connectivity index is 2.20. The summed E-state index contributed by atoms with van der Waals surface area (Å²) in [7, 11) is 0.0386. The monoisotopic (exact) mass is 298 g/mol. The van der Waals surface area contributed by atoms with E-state index in [9.17, 15) is 8.42 Å². The zero-order valence-electron chi connectivity index (χ0n) is 12.2. The van der Waals surface area contributed by atoms with Crippen molar-refractivity contribution in [1.82, 2.24) is 9.62 Å². The van der Waals surface area contributed by atoms with Crippen molar-refractivity contribution in [3.05, 3.63) is 29.8 Å². The molecule has 6 heteroatoms. The summed E-state index contributed by atoms with van der Waals surface area (Å²) in [6, 6.07) is 6.92. The zero-order chi connectivity index (χ0) is 14.8. The van der Waals surface area contributed by atoms with Crippen LogP contribution in [0, 0.1) is 0 Å². The van der Waals surface area contributed by atoms with Gasteiger partial charge in [-0.2, -0.15) is 4.31 Å². The number of benzene rings is 1. The quantitative estimate of drug-likeness (QED) is 0.887. The molecule has 0 amide bonds. The van der Waals surface area contributed by atoms with E-state index in [2.05, 4.69) is 5.32 Å². The molecular weight excluding hydrogens is 276 g/mol. The van der Waals surface area contributed by atoms with Crippen LogP contribution in [0.15, 0.2) is 29.2 Å². The van der Waals surface area contributed by atoms with Crippen molar-refractivity contribution in [2.75, 3.05) is 20.7 Å². The third kappa shape index (κ3) is 3.03. The second-order valence-corrected chi connectivity index (χ2v) is 7.12. The summed E-state index contributed by atoms with van der Waals surface area (Å²) in [4.78, 5) is 0.332. The van der Waals surface area contributed by atoms with Crippen LogP contribution in [0.4, 0.5) is 0 Å². The number of likely N-dealkylation sites (N-methyl/N-ethyl adjacent to an activating group) is 1. The lowest BCUT2D eigenvalue weighted by Crippen LogP contribution is -2.40. The number of ether oxygens (including phenoxy) is 1. The van der Waals surface area contributed by atoms with Gasteiger partial charge in [-0.15, -0.1) is 0 Å². The van der Waals surface area contributed by atoms with Crippen LogP contribution in [0.5, 0.6) is 0 Å². The molecule has 5 nitrogen and oxygen atoms in total. The molecule has 1 aliphatic heterocycles. The summed E-state index contributed by atoms with van der Waals surface area (Å²) < 4.78 is 32.1. The van der Waals surface area contributed by atoms with Crippen molar-refractivity contribution in [3.63, 3.8) is 0 Å². The molecule has 0 saturated carbocycles. The number of rotatable bonds is 5. The maximum atomic E-state index is 12.6. The van der Waals surface area contributed by atoms with E-state index < -0.39 is 10.0 Å². The molecule has 1 saturated heterocycles. The van der Waals surface area contributed by atoms with Crippen LogP contribution in [0.2, 0.25) is 0 Å². The van der Waals surface area contributed by atoms with Crippen molar-refractivity contribution >= 4 is 10.0 Å². The van der Waals surface area contributed by atoms with Gasteiger partial charge in [0.2, 0.25) is 10.0 Å². The van der Waals surface area contributed by atoms with E-state index in [1.807, 2.05) is 26.1 Å². The fourth-order valence-electron chi connectivity index (χ4n) is 2.53. The Morgan fingerprint density at radius 1 is 1.35 bits per heavy atom. The van der Waals surface area contributed by atoms with Crippen LogP contribution >= 0.6 is 0 Å². The Morgan fingerprint density at radius 2 is 2.00 bits per heavy atom. The van der Waals surface area contributed by atoms with E-state index >= 15 is 0 Å². The van der Waals surface area contributed by atoms with E-state index in [1.165, 1.54) is 4.31 Å². The molecule has 1 N–H and O–H groups in total. The Hall–Kier alpha value is -0.950. The molecule has 0 radical (unpaired) electrons. The molecule has 1 heterocycles. The summed E-state index contributed by atoms with van der Waals surface area (Å²) in [6.45, 7) is 3.26. The van der Waals surface area contributed by atoms with Gasteiger partial charge in [0.25, 0.3) is 0 Å². The Labute approximate surface area is 121 Å². The zero-order valence-corrected chi connectivity index (χ0v) is 13.0. The van der Waals surface area contributed by atoms with Crippen molar-refractivity contribution in [2.24, 2.45) is 0 Å². The first-order valence-corrected chi connectivity index (χ1v) is 8.24. The maximum absolute atomic E-state index is 12.6. The number of hydrogen-bond donors (Lipinski definition) is 1. The van der Waals surface area contributed by atoms with E-state index in [0.717, 1.165) is 18.5 Å². The van der Waals surface area contributed by atoms with Gasteiger partial charge in [0.15, 0.2) is 0 Å². The third-order valence-electron chi connectivity index (χ3n) is 3.78. The summed E-state index contributed by atoms with van der Waals surface area (Å²) in [5, 5.41) is 3.04. The van der Waals surface area contributed by atoms with Crippen LogP contribution < -0.4 is 5.32 Å². The molecule has 0 spiro atoms. The highest BCUT2D eigenvalue weighted by Gasteiger charge is 2.35. The summed E-state index contributed by atoms with van der Waals surface area (Å²) in [6.07, 6.45) is 0.688. The van der Waals surface area contributed by atoms with Gasteiger partial charge < -0.3 is 10.1 Å². The van der Waals surface area contributed by atoms with Gasteiger partial charge >= 0.3 is 0 Å². The minimum absolute atomic E-state index is 0.0571. The predicted molar refractivity (Wildman–Crippen MR) is 78.0 cm³/mol. The third-order valence-corrected chi connectivity index (χ3v) is 5.68. The van der Waals surface area contributed by atoms with Gasteiger partial charge in [0.05, 0.1) is 17.0 Å². The van der Waals surface area contributed by atoms with E-state index in [-0.39, 0.29) is 12.1 Å². The normalized spacial score (nSPS) is 23.4. The van der Waals surface area contributed by atoms with E-state index in [1.54, 1.807) is 19.2 Å². The van der Waals surface area contributed by atoms with E-state index in [0.29, 0.717) is 11.5 Å². The van der Waals surface area contributed by atoms with Crippen LogP contribution in [-0.4, -0.2) is 45.6 Å². The number of sulfonamides is 1. The number of nitrogens with one attached hydrogen (secondary N) is 1. The van der Waals surface area contributed by atoms with Gasteiger partial charge in [-0.3, -0.25) is 0 Å². The average Bonchev–Trinajstić information content (AvgIpc) is 2.85. The van der Waals surface area contributed by atoms with Crippen LogP contribution in [0.1, 0.15) is 18.9 Å². The molecule has 20 heavy (non-hydrogen) atoms. The van der Waals surface area contributed by atoms with Crippen LogP contribution in [0.3, 0.4) is 0 Å². The highest BCUT2D eigenvalue weighted by atomic mass is 32.2. The second kappa shape index (κ2) is 6.22. The lowest BCUT2D eigenvalue weighted by Gasteiger charge is -2.26. The molecule has 0 aromatic heterocycles. The molecule has 1 fully saturated rings. The first kappa shape index (κ1) is 15.4. The predicted octanol–water partition coefficient (Wildman–Crippen LogP) is 1.20. The summed E-state index contributed by atoms with van der Waals surface area (Å²) in [5.41, 5.74) is 1.06. The van der Waals surface area contributed by atoms with Gasteiger partial charge in [-0.1, -0.05) is 12.1 Å². The molecule has 0 bridgehead atoms. The van der Waals surface area contributed by atoms with Gasteiger partial charge in [-0.25, -0.2) is 8.42 Å². The molecule has 2 rings (SSSR count). The van der Waals surface area contributed by atoms with Gasteiger partial charge in [0.1, 0.15) is 0 Å². The molecule has 0 aliphatic carbocycles. The minimum atomic E-state index is -3.45. The maximum Gasteiger partial charge on any atom is 0.243 e. The molecule has 2 unspecified atom stereocenters. The average molecular weight is 298 g/mol. The lowest BCUT2D eigenvalue weighted by molar-refractivity contribution is 0.102. The molecule has 1 aromatic carbocycles. The fourth-order valence-corrected chi connectivity index (χ4v) is 3.97. The first-order chi connectivity index (χ1) is 9.46. The molecule has 2 atom stereocenters. The highest BCUT2D eigenvalue weighted by molar-refractivity contribution is 7.89. The Morgan fingerprint density at radius 3 is 2.50 bits per heavy atom. The van der Waals surface area contributed by atoms with Crippen molar-refractivity contribution in [3.8, 4) is 0 Å². The number of hydrogen-bond acceptors (Lipinski definition) is 4. The summed E-state index contributed by atoms with van der Waals surface area (Å²) >= 11 is 0. The topological polar surface area (TPSA) is 58.6 Å². The van der Waals surface area contributed by atoms with Crippen LogP contribution in [0.25, 0.3) is 0 Å². The Bertz CT molecular complexity index is 542. The summed E-state index contributed by atoms with van der Waals surface area (Å²) in [5.74, 6) is 0. The van der Waals surface area contributed by atoms with Crippen molar-refractivity contribution < 1.29 is 13.2 Å². The first-order valence-electron chi connectivity index (χ1n) is 6.80. The molecule has 1 aromatic rings. The standard InChI is InChI=1S/C14H22N2O3S/c1-11-14(8-9-19-11)16(3)20(17,18)13-6-4-12(5-7-13)10-15-2/h4-7,11,14-15H,8-10H2,1-3H3. The highest BCUT2D eigenvalue weighted by Crippen LogP contribution is 2.24.